The van der Waals surface area contributed by atoms with E-state index in [2.05, 4.69) is 5.32 Å². The molecule has 0 aliphatic carbocycles. The maximum atomic E-state index is 14.5. The number of ether oxygens (including phenoxy) is 4. The van der Waals surface area contributed by atoms with Gasteiger partial charge in [-0.25, -0.2) is 19.3 Å². The Bertz CT molecular complexity index is 1660. The highest BCUT2D eigenvalue weighted by atomic mass is 16.6. The Morgan fingerprint density at radius 3 is 2.35 bits per heavy atom. The van der Waals surface area contributed by atoms with E-state index in [4.69, 9.17) is 18.9 Å². The Kier molecular flexibility index (Phi) is 10.1. The molecule has 0 aromatic heterocycles. The van der Waals surface area contributed by atoms with Crippen molar-refractivity contribution < 1.29 is 38.1 Å². The Morgan fingerprint density at radius 2 is 1.63 bits per heavy atom. The van der Waals surface area contributed by atoms with Gasteiger partial charge in [-0.15, -0.1) is 0 Å². The number of hydrogen-bond acceptors (Lipinski definition) is 8. The lowest BCUT2D eigenvalue weighted by atomic mass is 9.84. The SMILES string of the molecule is CC(C)(C)OC(=O)N1CC[C@H]([C@H](Cc2ccc3c(c2)C(NC(=O)OCc2ccccc2)CO3)C(=O)N2C(=O)OC[C@@H]2Cc2ccccc2)C1. The second-order valence-corrected chi connectivity index (χ2v) is 13.9. The summed E-state index contributed by atoms with van der Waals surface area (Å²) in [6.45, 7) is 6.72. The first kappa shape index (κ1) is 33.8. The van der Waals surface area contributed by atoms with Gasteiger partial charge >= 0.3 is 18.3 Å². The fraction of sp³-hybridized carbons (Fsp3) is 0.421. The Labute approximate surface area is 286 Å². The quantitative estimate of drug-likeness (QED) is 0.273. The van der Waals surface area contributed by atoms with Gasteiger partial charge < -0.3 is 29.2 Å². The number of hydrogen-bond donors (Lipinski definition) is 1. The molecule has 3 aromatic rings. The number of carbonyl (C=O) groups is 4. The van der Waals surface area contributed by atoms with Crippen LogP contribution in [0.15, 0.2) is 78.9 Å². The van der Waals surface area contributed by atoms with Crippen molar-refractivity contribution in [3.63, 3.8) is 0 Å². The molecule has 258 valence electrons. The molecule has 11 heteroatoms. The number of benzene rings is 3. The minimum Gasteiger partial charge on any atom is -0.491 e. The van der Waals surface area contributed by atoms with E-state index in [1.54, 1.807) is 4.90 Å². The third kappa shape index (κ3) is 8.33. The number of cyclic esters (lactones) is 1. The van der Waals surface area contributed by atoms with Crippen LogP contribution in [-0.4, -0.2) is 71.9 Å². The first-order valence-corrected chi connectivity index (χ1v) is 16.8. The number of fused-ring (bicyclic) bond motifs is 1. The van der Waals surface area contributed by atoms with Crippen LogP contribution in [0.25, 0.3) is 0 Å². The van der Waals surface area contributed by atoms with Crippen molar-refractivity contribution in [3.05, 3.63) is 101 Å². The van der Waals surface area contributed by atoms with Crippen LogP contribution in [0, 0.1) is 11.8 Å². The average Bonchev–Trinajstić information content (AvgIpc) is 3.82. The average molecular weight is 670 g/mol. The Balaban J connectivity index is 1.21. The monoisotopic (exact) mass is 669 g/mol. The van der Waals surface area contributed by atoms with Gasteiger partial charge in [0.1, 0.15) is 31.2 Å². The van der Waals surface area contributed by atoms with Crippen LogP contribution in [0.3, 0.4) is 0 Å². The first-order valence-electron chi connectivity index (χ1n) is 16.8. The van der Waals surface area contributed by atoms with Crippen molar-refractivity contribution >= 4 is 24.2 Å². The topological polar surface area (TPSA) is 124 Å². The van der Waals surface area contributed by atoms with Crippen molar-refractivity contribution in [3.8, 4) is 5.75 Å². The summed E-state index contributed by atoms with van der Waals surface area (Å²) >= 11 is 0. The molecule has 3 heterocycles. The van der Waals surface area contributed by atoms with Gasteiger partial charge in [-0.3, -0.25) is 4.79 Å². The molecule has 3 aliphatic heterocycles. The Hall–Kier alpha value is -5.06. The molecule has 4 atom stereocenters. The minimum absolute atomic E-state index is 0.116. The normalized spacial score (nSPS) is 20.6. The number of likely N-dealkylation sites (tertiary alicyclic amines) is 1. The van der Waals surface area contributed by atoms with E-state index in [1.807, 2.05) is 99.6 Å². The second kappa shape index (κ2) is 14.6. The van der Waals surface area contributed by atoms with Crippen LogP contribution in [0.4, 0.5) is 14.4 Å². The standard InChI is InChI=1S/C38H43N3O8/c1-38(2,3)49-36(44)40-17-16-28(21-40)30(34(42)41-29(23-48-37(41)45)18-25-10-6-4-7-11-25)19-27-14-15-33-31(20-27)32(24-46-33)39-35(43)47-22-26-12-8-5-9-13-26/h4-15,20,28-30,32H,16-19,21-24H2,1-3H3,(H,39,43)/t28-,29-,30-,32?/m0/s1. The van der Waals surface area contributed by atoms with E-state index in [1.165, 1.54) is 4.90 Å². The molecule has 0 bridgehead atoms. The highest BCUT2D eigenvalue weighted by Gasteiger charge is 2.45. The van der Waals surface area contributed by atoms with Gasteiger partial charge in [0.25, 0.3) is 0 Å². The number of carbonyl (C=O) groups excluding carboxylic acids is 4. The van der Waals surface area contributed by atoms with Crippen LogP contribution in [-0.2, 0) is 38.5 Å². The summed E-state index contributed by atoms with van der Waals surface area (Å²) in [4.78, 5) is 56.2. The molecule has 2 saturated heterocycles. The number of rotatable bonds is 9. The van der Waals surface area contributed by atoms with Crippen molar-refractivity contribution in [2.24, 2.45) is 11.8 Å². The maximum Gasteiger partial charge on any atom is 0.416 e. The lowest BCUT2D eigenvalue weighted by molar-refractivity contribution is -0.135. The summed E-state index contributed by atoms with van der Waals surface area (Å²) in [6.07, 6.45) is -0.276. The molecule has 3 aliphatic rings. The van der Waals surface area contributed by atoms with Crippen LogP contribution in [0.1, 0.15) is 55.5 Å². The zero-order valence-corrected chi connectivity index (χ0v) is 28.1. The van der Waals surface area contributed by atoms with Crippen molar-refractivity contribution in [2.75, 3.05) is 26.3 Å². The molecular weight excluding hydrogens is 626 g/mol. The van der Waals surface area contributed by atoms with Crippen molar-refractivity contribution in [2.45, 2.75) is 64.3 Å². The molecule has 0 radical (unpaired) electrons. The predicted octanol–water partition coefficient (Wildman–Crippen LogP) is 6.05. The molecular formula is C38H43N3O8. The van der Waals surface area contributed by atoms with E-state index in [0.717, 1.165) is 22.3 Å². The zero-order chi connectivity index (χ0) is 34.5. The van der Waals surface area contributed by atoms with Crippen LogP contribution >= 0.6 is 0 Å². The summed E-state index contributed by atoms with van der Waals surface area (Å²) in [5.41, 5.74) is 2.85. The number of imide groups is 1. The molecule has 6 rings (SSSR count). The second-order valence-electron chi connectivity index (χ2n) is 13.9. The van der Waals surface area contributed by atoms with Crippen LogP contribution < -0.4 is 10.1 Å². The number of nitrogens with one attached hydrogen (secondary N) is 1. The third-order valence-corrected chi connectivity index (χ3v) is 9.09. The largest absolute Gasteiger partial charge is 0.491 e. The van der Waals surface area contributed by atoms with Gasteiger partial charge in [-0.2, -0.15) is 0 Å². The summed E-state index contributed by atoms with van der Waals surface area (Å²) < 4.78 is 22.3. The predicted molar refractivity (Wildman–Crippen MR) is 180 cm³/mol. The number of nitrogens with zero attached hydrogens (tertiary/aromatic N) is 2. The highest BCUT2D eigenvalue weighted by Crippen LogP contribution is 2.36. The van der Waals surface area contributed by atoms with Crippen molar-refractivity contribution in [1.82, 2.24) is 15.1 Å². The summed E-state index contributed by atoms with van der Waals surface area (Å²) in [6, 6.07) is 23.9. The van der Waals surface area contributed by atoms with E-state index in [-0.39, 0.29) is 31.6 Å². The summed E-state index contributed by atoms with van der Waals surface area (Å²) in [5, 5.41) is 2.90. The molecule has 1 unspecified atom stereocenters. The van der Waals surface area contributed by atoms with E-state index in [0.29, 0.717) is 38.1 Å². The fourth-order valence-electron chi connectivity index (χ4n) is 6.68. The van der Waals surface area contributed by atoms with Crippen LogP contribution in [0.5, 0.6) is 5.75 Å². The molecule has 49 heavy (non-hydrogen) atoms. The zero-order valence-electron chi connectivity index (χ0n) is 28.1. The molecule has 4 amide bonds. The van der Waals surface area contributed by atoms with Gasteiger partial charge in [-0.05, 0) is 74.8 Å². The lowest BCUT2D eigenvalue weighted by Crippen LogP contribution is -2.46. The third-order valence-electron chi connectivity index (χ3n) is 9.09. The Morgan fingerprint density at radius 1 is 0.918 bits per heavy atom. The fourth-order valence-corrected chi connectivity index (χ4v) is 6.68. The molecule has 0 saturated carbocycles. The number of alkyl carbamates (subject to hydrolysis) is 1. The summed E-state index contributed by atoms with van der Waals surface area (Å²) in [7, 11) is 0. The molecule has 1 N–H and O–H groups in total. The van der Waals surface area contributed by atoms with Gasteiger partial charge in [0.2, 0.25) is 5.91 Å². The highest BCUT2D eigenvalue weighted by molar-refractivity contribution is 5.95. The molecule has 3 aromatic carbocycles. The number of amides is 4. The van der Waals surface area contributed by atoms with Gasteiger partial charge in [-0.1, -0.05) is 66.7 Å². The van der Waals surface area contributed by atoms with Crippen LogP contribution in [0.2, 0.25) is 0 Å². The van der Waals surface area contributed by atoms with E-state index < -0.39 is 41.9 Å². The smallest absolute Gasteiger partial charge is 0.416 e. The summed E-state index contributed by atoms with van der Waals surface area (Å²) in [5.74, 6) is -0.533. The molecule has 2 fully saturated rings. The molecule has 11 nitrogen and oxygen atoms in total. The van der Waals surface area contributed by atoms with Crippen molar-refractivity contribution in [1.29, 1.82) is 0 Å². The lowest BCUT2D eigenvalue weighted by Gasteiger charge is -2.29. The minimum atomic E-state index is -0.654. The van der Waals surface area contributed by atoms with Gasteiger partial charge in [0.05, 0.1) is 12.1 Å². The van der Waals surface area contributed by atoms with E-state index in [9.17, 15) is 19.2 Å². The first-order chi connectivity index (χ1) is 23.5. The maximum absolute atomic E-state index is 14.5. The van der Waals surface area contributed by atoms with Gasteiger partial charge in [0, 0.05) is 24.6 Å². The van der Waals surface area contributed by atoms with Gasteiger partial charge in [0.15, 0.2) is 0 Å². The van der Waals surface area contributed by atoms with E-state index >= 15 is 0 Å². The molecule has 0 spiro atoms.